The summed E-state index contributed by atoms with van der Waals surface area (Å²) in [5.74, 6) is 1.03. The van der Waals surface area contributed by atoms with Gasteiger partial charge in [-0.05, 0) is 44.6 Å². The highest BCUT2D eigenvalue weighted by molar-refractivity contribution is 5.54. The minimum absolute atomic E-state index is 0. The summed E-state index contributed by atoms with van der Waals surface area (Å²) in [4.78, 5) is 8.76. The summed E-state index contributed by atoms with van der Waals surface area (Å²) < 4.78 is 1.95. The zero-order chi connectivity index (χ0) is 20.3. The molecule has 3 rings (SSSR count). The highest BCUT2D eigenvalue weighted by Crippen LogP contribution is 2.36. The minimum atomic E-state index is -0.294. The SMILES string of the molecule is Cc1cc(C)n(CCNc2ncc(C#N)c(N[C@@H]3CC[C@H](O)C(C)(C)C3)n2)n1.[HH]. The lowest BCUT2D eigenvalue weighted by Crippen LogP contribution is -2.41. The van der Waals surface area contributed by atoms with Gasteiger partial charge in [-0.25, -0.2) is 4.98 Å². The normalized spacial score (nSPS) is 21.1. The Kier molecular flexibility index (Phi) is 5.84. The van der Waals surface area contributed by atoms with Crippen LogP contribution in [-0.4, -0.2) is 43.5 Å². The van der Waals surface area contributed by atoms with E-state index in [1.54, 1.807) is 6.20 Å². The van der Waals surface area contributed by atoms with Gasteiger partial charge in [0.25, 0.3) is 0 Å². The molecule has 0 aliphatic heterocycles. The van der Waals surface area contributed by atoms with Crippen molar-refractivity contribution in [3.05, 3.63) is 29.2 Å². The Morgan fingerprint density at radius 1 is 1.39 bits per heavy atom. The van der Waals surface area contributed by atoms with Crippen LogP contribution in [0.4, 0.5) is 11.8 Å². The molecular weight excluding hydrogens is 354 g/mol. The van der Waals surface area contributed by atoms with Crippen LogP contribution >= 0.6 is 0 Å². The van der Waals surface area contributed by atoms with Gasteiger partial charge in [0.05, 0.1) is 24.5 Å². The van der Waals surface area contributed by atoms with Crippen molar-refractivity contribution in [3.8, 4) is 6.07 Å². The van der Waals surface area contributed by atoms with E-state index in [0.29, 0.717) is 30.4 Å². The molecule has 0 radical (unpaired) electrons. The van der Waals surface area contributed by atoms with E-state index in [-0.39, 0.29) is 19.0 Å². The molecule has 1 aliphatic rings. The van der Waals surface area contributed by atoms with Crippen molar-refractivity contribution in [1.82, 2.24) is 19.7 Å². The number of nitrogens with zero attached hydrogens (tertiary/aromatic N) is 5. The van der Waals surface area contributed by atoms with E-state index < -0.39 is 0 Å². The molecule has 2 heterocycles. The molecule has 0 bridgehead atoms. The van der Waals surface area contributed by atoms with E-state index in [9.17, 15) is 10.4 Å². The molecule has 8 heteroatoms. The van der Waals surface area contributed by atoms with Gasteiger partial charge in [0.15, 0.2) is 0 Å². The number of aromatic nitrogens is 4. The monoisotopic (exact) mass is 385 g/mol. The number of nitrogens with one attached hydrogen (secondary N) is 2. The number of aliphatic hydroxyl groups excluding tert-OH is 1. The molecule has 3 N–H and O–H groups in total. The smallest absolute Gasteiger partial charge is 0.224 e. The molecule has 1 fully saturated rings. The molecule has 8 nitrogen and oxygen atoms in total. The highest BCUT2D eigenvalue weighted by atomic mass is 16.3. The number of aliphatic hydroxyl groups is 1. The van der Waals surface area contributed by atoms with Gasteiger partial charge in [-0.3, -0.25) is 4.68 Å². The number of hydrogen-bond acceptors (Lipinski definition) is 7. The maximum atomic E-state index is 10.2. The first-order chi connectivity index (χ1) is 13.3. The largest absolute Gasteiger partial charge is 0.393 e. The lowest BCUT2D eigenvalue weighted by atomic mass is 9.73. The number of anilines is 2. The standard InChI is InChI=1S/C20H29N7O.H2/c1-13-9-14(2)27(26-13)8-7-22-19-23-12-15(11-21)18(25-19)24-16-5-6-17(28)20(3,4)10-16;/h9,12,16-17,28H,5-8,10H2,1-4H3,(H2,22,23,24,25);1H/t16-,17+;/m1./s1. The zero-order valence-electron chi connectivity index (χ0n) is 17.0. The lowest BCUT2D eigenvalue weighted by molar-refractivity contribution is 0.00926. The van der Waals surface area contributed by atoms with Crippen molar-refractivity contribution in [3.63, 3.8) is 0 Å². The van der Waals surface area contributed by atoms with Crippen LogP contribution in [0.15, 0.2) is 12.3 Å². The van der Waals surface area contributed by atoms with Crippen LogP contribution in [0.3, 0.4) is 0 Å². The van der Waals surface area contributed by atoms with Crippen LogP contribution in [-0.2, 0) is 6.54 Å². The van der Waals surface area contributed by atoms with E-state index in [2.05, 4.69) is 45.6 Å². The Morgan fingerprint density at radius 2 is 2.18 bits per heavy atom. The third-order valence-electron chi connectivity index (χ3n) is 5.42. The number of rotatable bonds is 6. The lowest BCUT2D eigenvalue weighted by Gasteiger charge is -2.40. The zero-order valence-corrected chi connectivity index (χ0v) is 17.0. The van der Waals surface area contributed by atoms with Crippen molar-refractivity contribution in [1.29, 1.82) is 5.26 Å². The van der Waals surface area contributed by atoms with Gasteiger partial charge in [0, 0.05) is 19.7 Å². The third-order valence-corrected chi connectivity index (χ3v) is 5.42. The van der Waals surface area contributed by atoms with E-state index in [1.165, 1.54) is 0 Å². The molecule has 1 aliphatic carbocycles. The molecule has 0 saturated heterocycles. The van der Waals surface area contributed by atoms with Crippen molar-refractivity contribution in [2.45, 2.75) is 65.6 Å². The average molecular weight is 386 g/mol. The predicted molar refractivity (Wildman–Crippen MR) is 110 cm³/mol. The average Bonchev–Trinajstić information content (AvgIpc) is 2.95. The summed E-state index contributed by atoms with van der Waals surface area (Å²) in [6.07, 6.45) is 3.66. The predicted octanol–water partition coefficient (Wildman–Crippen LogP) is 2.87. The fraction of sp³-hybridized carbons (Fsp3) is 0.600. The van der Waals surface area contributed by atoms with Gasteiger partial charge >= 0.3 is 0 Å². The fourth-order valence-electron chi connectivity index (χ4n) is 3.77. The van der Waals surface area contributed by atoms with Crippen LogP contribution in [0, 0.1) is 30.6 Å². The topological polar surface area (TPSA) is 112 Å². The van der Waals surface area contributed by atoms with Gasteiger partial charge in [-0.2, -0.15) is 15.3 Å². The maximum absolute atomic E-state index is 10.2. The molecule has 1 saturated carbocycles. The Morgan fingerprint density at radius 3 is 2.82 bits per heavy atom. The van der Waals surface area contributed by atoms with Crippen LogP contribution in [0.5, 0.6) is 0 Å². The van der Waals surface area contributed by atoms with E-state index in [4.69, 9.17) is 0 Å². The second kappa shape index (κ2) is 8.15. The van der Waals surface area contributed by atoms with Gasteiger partial charge in [0.2, 0.25) is 5.95 Å². The third kappa shape index (κ3) is 4.60. The summed E-state index contributed by atoms with van der Waals surface area (Å²) in [5.41, 5.74) is 2.38. The Labute approximate surface area is 167 Å². The van der Waals surface area contributed by atoms with Crippen molar-refractivity contribution in [2.75, 3.05) is 17.2 Å². The second-order valence-electron chi connectivity index (χ2n) is 8.27. The molecule has 2 aromatic heterocycles. The fourth-order valence-corrected chi connectivity index (χ4v) is 3.77. The van der Waals surface area contributed by atoms with Crippen LogP contribution in [0.1, 0.15) is 51.5 Å². The van der Waals surface area contributed by atoms with Gasteiger partial charge in [0.1, 0.15) is 17.5 Å². The van der Waals surface area contributed by atoms with E-state index >= 15 is 0 Å². The van der Waals surface area contributed by atoms with Crippen molar-refractivity contribution >= 4 is 11.8 Å². The summed E-state index contributed by atoms with van der Waals surface area (Å²) in [7, 11) is 0. The summed E-state index contributed by atoms with van der Waals surface area (Å²) >= 11 is 0. The Hall–Kier alpha value is -2.66. The molecule has 0 aromatic carbocycles. The van der Waals surface area contributed by atoms with Crippen LogP contribution < -0.4 is 10.6 Å². The van der Waals surface area contributed by atoms with Crippen molar-refractivity contribution in [2.24, 2.45) is 5.41 Å². The number of aryl methyl sites for hydroxylation is 2. The van der Waals surface area contributed by atoms with E-state index in [0.717, 1.165) is 30.7 Å². The molecule has 152 valence electrons. The molecule has 2 atom stereocenters. The molecule has 0 spiro atoms. The van der Waals surface area contributed by atoms with Gasteiger partial charge in [-0.1, -0.05) is 13.8 Å². The second-order valence-corrected chi connectivity index (χ2v) is 8.27. The summed E-state index contributed by atoms with van der Waals surface area (Å²) in [5, 5.41) is 30.6. The van der Waals surface area contributed by atoms with E-state index in [1.807, 2.05) is 24.6 Å². The molecular formula is C20H31N7O. The summed E-state index contributed by atoms with van der Waals surface area (Å²) in [6.45, 7) is 9.49. The number of hydrogen-bond donors (Lipinski definition) is 3. The molecule has 0 amide bonds. The quantitative estimate of drug-likeness (QED) is 0.701. The summed E-state index contributed by atoms with van der Waals surface area (Å²) in [6, 6.07) is 4.37. The maximum Gasteiger partial charge on any atom is 0.224 e. The molecule has 28 heavy (non-hydrogen) atoms. The van der Waals surface area contributed by atoms with Crippen molar-refractivity contribution < 1.29 is 6.53 Å². The Bertz CT molecular complexity index is 874. The van der Waals surface area contributed by atoms with Gasteiger partial charge in [-0.15, -0.1) is 0 Å². The first-order valence-electron chi connectivity index (χ1n) is 9.75. The first-order valence-corrected chi connectivity index (χ1v) is 9.75. The highest BCUT2D eigenvalue weighted by Gasteiger charge is 2.35. The molecule has 0 unspecified atom stereocenters. The minimum Gasteiger partial charge on any atom is -0.393 e. The van der Waals surface area contributed by atoms with Crippen LogP contribution in [0.25, 0.3) is 0 Å². The number of nitriles is 1. The molecule has 2 aromatic rings. The van der Waals surface area contributed by atoms with Crippen LogP contribution in [0.2, 0.25) is 0 Å². The van der Waals surface area contributed by atoms with Gasteiger partial charge < -0.3 is 15.7 Å². The Balaban J connectivity index is 0.00000300. The first kappa shape index (κ1) is 20.1.